The number of hydrogen-bond acceptors (Lipinski definition) is 4. The van der Waals surface area contributed by atoms with Crippen LogP contribution in [0.5, 0.6) is 0 Å². The van der Waals surface area contributed by atoms with Crippen molar-refractivity contribution in [1.29, 1.82) is 0 Å². The van der Waals surface area contributed by atoms with E-state index in [2.05, 4.69) is 33.2 Å². The van der Waals surface area contributed by atoms with E-state index in [0.717, 1.165) is 3.57 Å². The van der Waals surface area contributed by atoms with E-state index in [4.69, 9.17) is 12.2 Å². The van der Waals surface area contributed by atoms with Crippen molar-refractivity contribution in [3.05, 3.63) is 57.7 Å². The summed E-state index contributed by atoms with van der Waals surface area (Å²) in [5.41, 5.74) is 1.12. The number of thiocarbonyl (C=S) groups is 1. The van der Waals surface area contributed by atoms with Crippen molar-refractivity contribution in [3.8, 4) is 0 Å². The zero-order chi connectivity index (χ0) is 20.0. The van der Waals surface area contributed by atoms with Crippen LogP contribution in [0.1, 0.15) is 24.2 Å². The fourth-order valence-electron chi connectivity index (χ4n) is 2.40. The van der Waals surface area contributed by atoms with Crippen molar-refractivity contribution in [2.45, 2.75) is 18.7 Å². The lowest BCUT2D eigenvalue weighted by atomic mass is 10.2. The summed E-state index contributed by atoms with van der Waals surface area (Å²) in [6.07, 6.45) is 0. The van der Waals surface area contributed by atoms with Crippen LogP contribution in [0.2, 0.25) is 0 Å². The molecule has 0 heterocycles. The summed E-state index contributed by atoms with van der Waals surface area (Å²) in [5, 5.41) is 5.64. The van der Waals surface area contributed by atoms with E-state index >= 15 is 0 Å². The van der Waals surface area contributed by atoms with Crippen molar-refractivity contribution in [3.63, 3.8) is 0 Å². The zero-order valence-corrected chi connectivity index (χ0v) is 18.7. The molecule has 0 atom stereocenters. The van der Waals surface area contributed by atoms with Gasteiger partial charge in [0.25, 0.3) is 5.91 Å². The van der Waals surface area contributed by atoms with Crippen LogP contribution in [0.25, 0.3) is 0 Å². The molecule has 9 heteroatoms. The van der Waals surface area contributed by atoms with Crippen molar-refractivity contribution >= 4 is 61.5 Å². The van der Waals surface area contributed by atoms with E-state index in [0.29, 0.717) is 24.3 Å². The van der Waals surface area contributed by atoms with Gasteiger partial charge in [0.05, 0.1) is 10.5 Å². The SMILES string of the molecule is CCN(CC)S(=O)(=O)c1ccc(NC(=S)NC(=O)c2ccccc2I)cc1. The highest BCUT2D eigenvalue weighted by Gasteiger charge is 2.21. The maximum Gasteiger partial charge on any atom is 0.258 e. The number of hydrogen-bond donors (Lipinski definition) is 2. The smallest absolute Gasteiger partial charge is 0.258 e. The summed E-state index contributed by atoms with van der Waals surface area (Å²) >= 11 is 7.25. The topological polar surface area (TPSA) is 78.5 Å². The molecule has 0 saturated carbocycles. The Kier molecular flexibility index (Phi) is 7.71. The van der Waals surface area contributed by atoms with Gasteiger partial charge in [0, 0.05) is 22.3 Å². The average Bonchev–Trinajstić information content (AvgIpc) is 2.63. The number of rotatable bonds is 6. The van der Waals surface area contributed by atoms with Gasteiger partial charge in [-0.25, -0.2) is 8.42 Å². The third kappa shape index (κ3) is 5.47. The first kappa shape index (κ1) is 21.7. The molecule has 0 aliphatic rings. The maximum absolute atomic E-state index is 12.5. The third-order valence-electron chi connectivity index (χ3n) is 3.80. The van der Waals surface area contributed by atoms with E-state index in [1.807, 2.05) is 12.1 Å². The Bertz CT molecular complexity index is 927. The van der Waals surface area contributed by atoms with E-state index in [1.165, 1.54) is 16.4 Å². The normalized spacial score (nSPS) is 11.3. The third-order valence-corrected chi connectivity index (χ3v) is 7.01. The molecule has 0 aromatic heterocycles. The molecule has 0 fully saturated rings. The minimum atomic E-state index is -3.50. The van der Waals surface area contributed by atoms with Crippen molar-refractivity contribution in [2.75, 3.05) is 18.4 Å². The first-order chi connectivity index (χ1) is 12.8. The molecule has 27 heavy (non-hydrogen) atoms. The van der Waals surface area contributed by atoms with E-state index in [-0.39, 0.29) is 15.9 Å². The van der Waals surface area contributed by atoms with Crippen LogP contribution >= 0.6 is 34.8 Å². The van der Waals surface area contributed by atoms with E-state index in [1.54, 1.807) is 38.1 Å². The van der Waals surface area contributed by atoms with Crippen LogP contribution in [-0.4, -0.2) is 36.8 Å². The van der Waals surface area contributed by atoms with Crippen molar-refractivity contribution < 1.29 is 13.2 Å². The van der Waals surface area contributed by atoms with Gasteiger partial charge in [-0.05, 0) is 71.2 Å². The lowest BCUT2D eigenvalue weighted by molar-refractivity contribution is 0.0977. The number of amides is 1. The molecule has 144 valence electrons. The zero-order valence-electron chi connectivity index (χ0n) is 14.9. The van der Waals surface area contributed by atoms with Crippen LogP contribution in [0.15, 0.2) is 53.4 Å². The second kappa shape index (κ2) is 9.58. The minimum absolute atomic E-state index is 0.138. The molecule has 0 aliphatic carbocycles. The molecule has 0 bridgehead atoms. The molecule has 2 N–H and O–H groups in total. The Morgan fingerprint density at radius 1 is 1.07 bits per heavy atom. The lowest BCUT2D eigenvalue weighted by Gasteiger charge is -2.18. The predicted octanol–water partition coefficient (Wildman–Crippen LogP) is 3.45. The number of halogens is 1. The van der Waals surface area contributed by atoms with Crippen molar-refractivity contribution in [1.82, 2.24) is 9.62 Å². The largest absolute Gasteiger partial charge is 0.332 e. The number of sulfonamides is 1. The Labute approximate surface area is 178 Å². The van der Waals surface area contributed by atoms with Crippen LogP contribution in [0, 0.1) is 3.57 Å². The molecule has 0 saturated heterocycles. The van der Waals surface area contributed by atoms with Gasteiger partial charge in [-0.2, -0.15) is 4.31 Å². The Morgan fingerprint density at radius 3 is 2.22 bits per heavy atom. The molecule has 2 aromatic carbocycles. The first-order valence-electron chi connectivity index (χ1n) is 8.26. The predicted molar refractivity (Wildman–Crippen MR) is 119 cm³/mol. The first-order valence-corrected chi connectivity index (χ1v) is 11.2. The van der Waals surface area contributed by atoms with Crippen molar-refractivity contribution in [2.24, 2.45) is 0 Å². The fourth-order valence-corrected chi connectivity index (χ4v) is 4.70. The van der Waals surface area contributed by atoms with Gasteiger partial charge in [0.1, 0.15) is 0 Å². The second-order valence-corrected chi connectivity index (χ2v) is 9.01. The molecule has 0 unspecified atom stereocenters. The Balaban J connectivity index is 2.05. The molecule has 0 spiro atoms. The van der Waals surface area contributed by atoms with Gasteiger partial charge in [0.2, 0.25) is 10.0 Å². The molecule has 2 rings (SSSR count). The van der Waals surface area contributed by atoms with Crippen LogP contribution < -0.4 is 10.6 Å². The standard InChI is InChI=1S/C18H20IN3O3S2/c1-3-22(4-2)27(24,25)14-11-9-13(10-12-14)20-18(26)21-17(23)15-7-5-6-8-16(15)19/h5-12H,3-4H2,1-2H3,(H2,20,21,23,26). The summed E-state index contributed by atoms with van der Waals surface area (Å²) in [5.74, 6) is -0.307. The number of nitrogens with zero attached hydrogens (tertiary/aromatic N) is 1. The summed E-state index contributed by atoms with van der Waals surface area (Å²) in [7, 11) is -3.50. The molecular formula is C18H20IN3O3S2. The Hall–Kier alpha value is -1.56. The quantitative estimate of drug-likeness (QED) is 0.454. The lowest BCUT2D eigenvalue weighted by Crippen LogP contribution is -2.34. The monoisotopic (exact) mass is 517 g/mol. The highest BCUT2D eigenvalue weighted by Crippen LogP contribution is 2.18. The maximum atomic E-state index is 12.5. The average molecular weight is 517 g/mol. The van der Waals surface area contributed by atoms with Crippen LogP contribution in [0.3, 0.4) is 0 Å². The van der Waals surface area contributed by atoms with E-state index < -0.39 is 10.0 Å². The molecule has 0 aliphatic heterocycles. The molecule has 1 amide bonds. The van der Waals surface area contributed by atoms with Gasteiger partial charge >= 0.3 is 0 Å². The highest BCUT2D eigenvalue weighted by molar-refractivity contribution is 14.1. The van der Waals surface area contributed by atoms with Gasteiger partial charge in [0.15, 0.2) is 5.11 Å². The van der Waals surface area contributed by atoms with E-state index in [9.17, 15) is 13.2 Å². The summed E-state index contributed by atoms with van der Waals surface area (Å²) in [4.78, 5) is 12.5. The Morgan fingerprint density at radius 2 is 1.67 bits per heavy atom. The molecule has 0 radical (unpaired) electrons. The second-order valence-electron chi connectivity index (χ2n) is 5.50. The number of benzene rings is 2. The highest BCUT2D eigenvalue weighted by atomic mass is 127. The van der Waals surface area contributed by atoms with Gasteiger partial charge < -0.3 is 5.32 Å². The molecule has 6 nitrogen and oxygen atoms in total. The number of nitrogens with one attached hydrogen (secondary N) is 2. The number of anilines is 1. The molecular weight excluding hydrogens is 497 g/mol. The number of carbonyl (C=O) groups excluding carboxylic acids is 1. The molecule has 2 aromatic rings. The number of carbonyl (C=O) groups is 1. The van der Waals surface area contributed by atoms with Crippen LogP contribution in [-0.2, 0) is 10.0 Å². The summed E-state index contributed by atoms with van der Waals surface area (Å²) in [6.45, 7) is 4.42. The van der Waals surface area contributed by atoms with Gasteiger partial charge in [-0.3, -0.25) is 10.1 Å². The fraction of sp³-hybridized carbons (Fsp3) is 0.222. The van der Waals surface area contributed by atoms with Gasteiger partial charge in [-0.1, -0.05) is 26.0 Å². The minimum Gasteiger partial charge on any atom is -0.332 e. The summed E-state index contributed by atoms with van der Waals surface area (Å²) in [6, 6.07) is 13.4. The summed E-state index contributed by atoms with van der Waals surface area (Å²) < 4.78 is 27.2. The van der Waals surface area contributed by atoms with Crippen LogP contribution in [0.4, 0.5) is 5.69 Å². The van der Waals surface area contributed by atoms with Gasteiger partial charge in [-0.15, -0.1) is 0 Å².